The molecule has 1 aromatic heterocycles. The first-order chi connectivity index (χ1) is 13.1. The molecule has 134 valence electrons. The molecule has 0 radical (unpaired) electrons. The highest BCUT2D eigenvalue weighted by atomic mass is 15.3. The van der Waals surface area contributed by atoms with E-state index in [0.29, 0.717) is 5.92 Å². The molecule has 4 nitrogen and oxygen atoms in total. The van der Waals surface area contributed by atoms with E-state index in [1.807, 2.05) is 24.4 Å². The van der Waals surface area contributed by atoms with Gasteiger partial charge in [-0.2, -0.15) is 5.10 Å². The first kappa shape index (κ1) is 17.2. The molecule has 2 heterocycles. The zero-order chi connectivity index (χ0) is 18.8. The molecule has 0 saturated heterocycles. The van der Waals surface area contributed by atoms with Crippen molar-refractivity contribution in [1.29, 1.82) is 0 Å². The van der Waals surface area contributed by atoms with Gasteiger partial charge in [0, 0.05) is 29.1 Å². The van der Waals surface area contributed by atoms with Crippen molar-refractivity contribution in [2.75, 3.05) is 0 Å². The lowest BCUT2D eigenvalue weighted by molar-refractivity contribution is 0.866. The van der Waals surface area contributed by atoms with Crippen LogP contribution in [-0.4, -0.2) is 16.5 Å². The molecule has 4 heteroatoms. The van der Waals surface area contributed by atoms with E-state index in [0.717, 1.165) is 33.9 Å². The molecule has 27 heavy (non-hydrogen) atoms. The van der Waals surface area contributed by atoms with Crippen molar-refractivity contribution in [3.63, 3.8) is 0 Å². The second-order valence-electron chi connectivity index (χ2n) is 7.07. The summed E-state index contributed by atoms with van der Waals surface area (Å²) in [4.78, 5) is 9.11. The lowest BCUT2D eigenvalue weighted by Crippen LogP contribution is -2.19. The molecule has 0 unspecified atom stereocenters. The number of nitrogens with one attached hydrogen (secondary N) is 1. The second kappa shape index (κ2) is 7.16. The zero-order valence-corrected chi connectivity index (χ0v) is 15.8. The Hall–Kier alpha value is -3.27. The summed E-state index contributed by atoms with van der Waals surface area (Å²) in [6.45, 7) is 6.47. The van der Waals surface area contributed by atoms with Crippen LogP contribution in [0.5, 0.6) is 0 Å². The summed E-state index contributed by atoms with van der Waals surface area (Å²) < 4.78 is 0. The Morgan fingerprint density at radius 1 is 0.926 bits per heavy atom. The molecule has 0 atom stereocenters. The van der Waals surface area contributed by atoms with E-state index in [1.54, 1.807) is 6.20 Å². The average molecular weight is 354 g/mol. The van der Waals surface area contributed by atoms with Crippen molar-refractivity contribution >= 4 is 17.2 Å². The molecular weight excluding hydrogens is 332 g/mol. The third-order valence-electron chi connectivity index (χ3n) is 4.70. The number of rotatable bonds is 3. The van der Waals surface area contributed by atoms with Gasteiger partial charge in [-0.1, -0.05) is 49.7 Å². The van der Waals surface area contributed by atoms with Gasteiger partial charge in [-0.15, -0.1) is 0 Å². The largest absolute Gasteiger partial charge is 0.264 e. The fourth-order valence-corrected chi connectivity index (χ4v) is 3.13. The monoisotopic (exact) mass is 354 g/mol. The van der Waals surface area contributed by atoms with E-state index < -0.39 is 0 Å². The highest BCUT2D eigenvalue weighted by Crippen LogP contribution is 2.27. The Morgan fingerprint density at radius 3 is 2.44 bits per heavy atom. The third kappa shape index (κ3) is 3.51. The first-order valence-electron chi connectivity index (χ1n) is 9.16. The van der Waals surface area contributed by atoms with Crippen LogP contribution in [0.25, 0.3) is 0 Å². The van der Waals surface area contributed by atoms with Gasteiger partial charge in [-0.25, -0.2) is 4.99 Å². The highest BCUT2D eigenvalue weighted by molar-refractivity contribution is 6.17. The van der Waals surface area contributed by atoms with Crippen LogP contribution in [0.4, 0.5) is 5.69 Å². The second-order valence-corrected chi connectivity index (χ2v) is 7.07. The number of aromatic nitrogens is 1. The normalized spacial score (nSPS) is 13.3. The van der Waals surface area contributed by atoms with Gasteiger partial charge in [-0.05, 0) is 42.7 Å². The molecule has 1 N–H and O–H groups in total. The Morgan fingerprint density at radius 2 is 1.74 bits per heavy atom. The van der Waals surface area contributed by atoms with Crippen LogP contribution in [0.2, 0.25) is 0 Å². The maximum atomic E-state index is 4.87. The summed E-state index contributed by atoms with van der Waals surface area (Å²) in [5, 5.41) is 4.69. The number of benzene rings is 2. The quantitative estimate of drug-likeness (QED) is 0.724. The number of aliphatic imine (C=N–C) groups is 1. The van der Waals surface area contributed by atoms with Gasteiger partial charge in [-0.3, -0.25) is 10.4 Å². The van der Waals surface area contributed by atoms with Crippen molar-refractivity contribution < 1.29 is 0 Å². The lowest BCUT2D eigenvalue weighted by Gasteiger charge is -2.08. The summed E-state index contributed by atoms with van der Waals surface area (Å²) >= 11 is 0. The maximum absolute atomic E-state index is 4.87. The minimum atomic E-state index is 0.502. The van der Waals surface area contributed by atoms with Crippen molar-refractivity contribution in [2.24, 2.45) is 10.1 Å². The number of hydrogen-bond acceptors (Lipinski definition) is 4. The van der Waals surface area contributed by atoms with E-state index in [9.17, 15) is 0 Å². The van der Waals surface area contributed by atoms with Gasteiger partial charge in [0.25, 0.3) is 0 Å². The van der Waals surface area contributed by atoms with Crippen LogP contribution >= 0.6 is 0 Å². The van der Waals surface area contributed by atoms with Gasteiger partial charge >= 0.3 is 0 Å². The Bertz CT molecular complexity index is 1020. The zero-order valence-electron chi connectivity index (χ0n) is 15.8. The maximum Gasteiger partial charge on any atom is 0.154 e. The minimum absolute atomic E-state index is 0.502. The summed E-state index contributed by atoms with van der Waals surface area (Å²) in [7, 11) is 0. The Labute approximate surface area is 159 Å². The fourth-order valence-electron chi connectivity index (χ4n) is 3.13. The van der Waals surface area contributed by atoms with Crippen LogP contribution in [-0.2, 0) is 0 Å². The average Bonchev–Trinajstić information content (AvgIpc) is 2.88. The standard InChI is InChI=1S/C23H22N4/c1-15(2)17-7-9-18(10-8-17)23-25-21-11-6-16(3)13-20(21)22(26-27-23)19-5-4-12-24-14-19/h4-15H,1-3H3,(H,25,27). The summed E-state index contributed by atoms with van der Waals surface area (Å²) in [6, 6.07) is 18.7. The molecule has 3 aromatic rings. The molecule has 0 amide bonds. The van der Waals surface area contributed by atoms with Crippen LogP contribution < -0.4 is 5.43 Å². The highest BCUT2D eigenvalue weighted by Gasteiger charge is 2.17. The number of hydrazone groups is 1. The predicted octanol–water partition coefficient (Wildman–Crippen LogP) is 4.95. The molecule has 4 rings (SSSR count). The van der Waals surface area contributed by atoms with Crippen LogP contribution in [0, 0.1) is 6.92 Å². The molecule has 0 aliphatic carbocycles. The number of pyridine rings is 1. The first-order valence-corrected chi connectivity index (χ1v) is 9.16. The third-order valence-corrected chi connectivity index (χ3v) is 4.70. The van der Waals surface area contributed by atoms with Gasteiger partial charge in [0.15, 0.2) is 5.84 Å². The Balaban J connectivity index is 1.81. The lowest BCUT2D eigenvalue weighted by atomic mass is 10.00. The van der Waals surface area contributed by atoms with Gasteiger partial charge in [0.1, 0.15) is 5.71 Å². The molecule has 1 aliphatic heterocycles. The minimum Gasteiger partial charge on any atom is -0.264 e. The van der Waals surface area contributed by atoms with Crippen molar-refractivity contribution in [2.45, 2.75) is 26.7 Å². The van der Waals surface area contributed by atoms with Crippen LogP contribution in [0.3, 0.4) is 0 Å². The molecule has 2 aromatic carbocycles. The molecule has 0 fully saturated rings. The van der Waals surface area contributed by atoms with E-state index in [1.165, 1.54) is 11.1 Å². The molecule has 0 bridgehead atoms. The molecule has 1 aliphatic rings. The Kier molecular flexibility index (Phi) is 4.55. The topological polar surface area (TPSA) is 49.6 Å². The summed E-state index contributed by atoms with van der Waals surface area (Å²) in [5.74, 6) is 1.25. The van der Waals surface area contributed by atoms with E-state index >= 15 is 0 Å². The molecular formula is C23H22N4. The number of hydrogen-bond donors (Lipinski definition) is 1. The van der Waals surface area contributed by atoms with Crippen molar-refractivity contribution in [1.82, 2.24) is 10.4 Å². The SMILES string of the molecule is Cc1ccc2c(c1)C(c1cccnc1)=NNC(c1ccc(C(C)C)cc1)=N2. The van der Waals surface area contributed by atoms with Crippen molar-refractivity contribution in [3.05, 3.63) is 94.8 Å². The smallest absolute Gasteiger partial charge is 0.154 e. The van der Waals surface area contributed by atoms with Gasteiger partial charge in [0.05, 0.1) is 5.69 Å². The number of nitrogens with zero attached hydrogens (tertiary/aromatic N) is 3. The number of amidine groups is 1. The van der Waals surface area contributed by atoms with E-state index in [-0.39, 0.29) is 0 Å². The number of aryl methyl sites for hydroxylation is 1. The van der Waals surface area contributed by atoms with E-state index in [2.05, 4.69) is 72.7 Å². The van der Waals surface area contributed by atoms with Crippen molar-refractivity contribution in [3.8, 4) is 0 Å². The van der Waals surface area contributed by atoms with E-state index in [4.69, 9.17) is 4.99 Å². The molecule has 0 saturated carbocycles. The summed E-state index contributed by atoms with van der Waals surface area (Å²) in [6.07, 6.45) is 3.60. The van der Waals surface area contributed by atoms with Gasteiger partial charge < -0.3 is 0 Å². The van der Waals surface area contributed by atoms with Crippen LogP contribution in [0.1, 0.15) is 47.6 Å². The summed E-state index contributed by atoms with van der Waals surface area (Å²) in [5.41, 5.74) is 10.4. The fraction of sp³-hybridized carbons (Fsp3) is 0.174. The predicted molar refractivity (Wildman–Crippen MR) is 111 cm³/mol. The number of fused-ring (bicyclic) bond motifs is 1. The van der Waals surface area contributed by atoms with Gasteiger partial charge in [0.2, 0.25) is 0 Å². The molecule has 0 spiro atoms. The van der Waals surface area contributed by atoms with Crippen LogP contribution in [0.15, 0.2) is 77.1 Å².